The summed E-state index contributed by atoms with van der Waals surface area (Å²) < 4.78 is 2.30. The molecule has 0 aliphatic rings. The lowest BCUT2D eigenvalue weighted by molar-refractivity contribution is -0.697. The first-order valence-electron chi connectivity index (χ1n) is 8.39. The fourth-order valence-electron chi connectivity index (χ4n) is 2.50. The Kier molecular flexibility index (Phi) is 10.8. The highest BCUT2D eigenvalue weighted by molar-refractivity contribution is 7.80. The van der Waals surface area contributed by atoms with E-state index >= 15 is 0 Å². The van der Waals surface area contributed by atoms with Gasteiger partial charge in [-0.3, -0.25) is 0 Å². The van der Waals surface area contributed by atoms with Crippen LogP contribution in [0.5, 0.6) is 0 Å². The minimum Gasteiger partial charge on any atom is -0.205 e. The molecular weight excluding hydrogens is 262 g/mol. The van der Waals surface area contributed by atoms with Crippen molar-refractivity contribution in [3.63, 3.8) is 0 Å². The Morgan fingerprint density at radius 3 is 1.70 bits per heavy atom. The smallest absolute Gasteiger partial charge is 0.169 e. The Morgan fingerprint density at radius 2 is 1.20 bits per heavy atom. The molecule has 0 atom stereocenters. The molecule has 0 N–H and O–H groups in total. The summed E-state index contributed by atoms with van der Waals surface area (Å²) in [5, 5.41) is 0. The second kappa shape index (κ2) is 12.3. The Bertz CT molecular complexity index is 321. The van der Waals surface area contributed by atoms with E-state index in [1.807, 2.05) is 0 Å². The molecule has 0 unspecified atom stereocenters. The van der Waals surface area contributed by atoms with E-state index in [9.17, 15) is 0 Å². The van der Waals surface area contributed by atoms with Crippen molar-refractivity contribution < 1.29 is 4.57 Å². The topological polar surface area (TPSA) is 3.88 Å². The minimum absolute atomic E-state index is 1.05. The van der Waals surface area contributed by atoms with Crippen LogP contribution in [0.1, 0.15) is 69.8 Å². The summed E-state index contributed by atoms with van der Waals surface area (Å²) >= 11 is 4.24. The van der Waals surface area contributed by atoms with Gasteiger partial charge in [0, 0.05) is 18.6 Å². The molecule has 20 heavy (non-hydrogen) atoms. The average molecular weight is 295 g/mol. The summed E-state index contributed by atoms with van der Waals surface area (Å²) in [4.78, 5) is 0. The number of thiol groups is 1. The highest BCUT2D eigenvalue weighted by atomic mass is 32.1. The maximum Gasteiger partial charge on any atom is 0.169 e. The summed E-state index contributed by atoms with van der Waals surface area (Å²) in [6, 6.07) is 4.38. The third kappa shape index (κ3) is 9.41. The van der Waals surface area contributed by atoms with E-state index in [0.717, 1.165) is 5.75 Å². The molecule has 0 radical (unpaired) electrons. The SMILES string of the molecule is Cc1cc[n+](CCCCCCCCCCCCS)cc1. The molecule has 1 nitrogen and oxygen atoms in total. The van der Waals surface area contributed by atoms with Gasteiger partial charge >= 0.3 is 0 Å². The van der Waals surface area contributed by atoms with Gasteiger partial charge in [0.25, 0.3) is 0 Å². The molecule has 0 aliphatic heterocycles. The number of unbranched alkanes of at least 4 members (excludes halogenated alkanes) is 9. The molecule has 1 heterocycles. The first-order chi connectivity index (χ1) is 9.83. The molecule has 1 aromatic rings. The third-order valence-corrected chi connectivity index (χ3v) is 4.20. The molecule has 1 rings (SSSR count). The van der Waals surface area contributed by atoms with Gasteiger partial charge in [0.2, 0.25) is 0 Å². The summed E-state index contributed by atoms with van der Waals surface area (Å²) in [5.74, 6) is 1.05. The van der Waals surface area contributed by atoms with Gasteiger partial charge in [0.05, 0.1) is 0 Å². The van der Waals surface area contributed by atoms with Crippen molar-refractivity contribution in [3.05, 3.63) is 30.1 Å². The van der Waals surface area contributed by atoms with Gasteiger partial charge < -0.3 is 0 Å². The van der Waals surface area contributed by atoms with Gasteiger partial charge in [0.1, 0.15) is 6.54 Å². The maximum absolute atomic E-state index is 4.24. The summed E-state index contributed by atoms with van der Waals surface area (Å²) in [6.45, 7) is 3.31. The van der Waals surface area contributed by atoms with Gasteiger partial charge in [-0.1, -0.05) is 44.9 Å². The van der Waals surface area contributed by atoms with Crippen molar-refractivity contribution in [2.45, 2.75) is 77.7 Å². The molecule has 0 fully saturated rings. The van der Waals surface area contributed by atoms with Crippen LogP contribution in [-0.2, 0) is 6.54 Å². The van der Waals surface area contributed by atoms with Crippen LogP contribution in [0.2, 0.25) is 0 Å². The predicted octanol–water partition coefficient (Wildman–Crippen LogP) is 5.11. The second-order valence-electron chi connectivity index (χ2n) is 5.87. The molecule has 0 spiro atoms. The number of pyridine rings is 1. The van der Waals surface area contributed by atoms with Crippen LogP contribution in [0.15, 0.2) is 24.5 Å². The number of rotatable bonds is 12. The van der Waals surface area contributed by atoms with Crippen LogP contribution in [0.25, 0.3) is 0 Å². The van der Waals surface area contributed by atoms with E-state index in [0.29, 0.717) is 0 Å². The Hall–Kier alpha value is -0.500. The molecule has 2 heteroatoms. The van der Waals surface area contributed by atoms with Crippen molar-refractivity contribution in [1.82, 2.24) is 0 Å². The van der Waals surface area contributed by atoms with E-state index in [1.54, 1.807) is 0 Å². The van der Waals surface area contributed by atoms with Crippen molar-refractivity contribution in [3.8, 4) is 0 Å². The van der Waals surface area contributed by atoms with Gasteiger partial charge in [-0.05, 0) is 31.1 Å². The molecule has 0 aromatic carbocycles. The zero-order valence-corrected chi connectivity index (χ0v) is 14.1. The number of nitrogens with zero attached hydrogens (tertiary/aromatic N) is 1. The van der Waals surface area contributed by atoms with Gasteiger partial charge in [0.15, 0.2) is 12.4 Å². The zero-order valence-electron chi connectivity index (χ0n) is 13.2. The van der Waals surface area contributed by atoms with Crippen molar-refractivity contribution >= 4 is 12.6 Å². The fourth-order valence-corrected chi connectivity index (χ4v) is 2.72. The van der Waals surface area contributed by atoms with Crippen LogP contribution in [-0.4, -0.2) is 5.75 Å². The van der Waals surface area contributed by atoms with Crippen LogP contribution >= 0.6 is 12.6 Å². The normalized spacial score (nSPS) is 10.9. The van der Waals surface area contributed by atoms with Crippen molar-refractivity contribution in [1.29, 1.82) is 0 Å². The molecular formula is C18H32NS+. The molecule has 0 saturated heterocycles. The average Bonchev–Trinajstić information content (AvgIpc) is 2.47. The maximum atomic E-state index is 4.24. The monoisotopic (exact) mass is 294 g/mol. The van der Waals surface area contributed by atoms with E-state index in [2.05, 4.69) is 48.6 Å². The second-order valence-corrected chi connectivity index (χ2v) is 6.32. The highest BCUT2D eigenvalue weighted by Crippen LogP contribution is 2.10. The Labute approximate surface area is 131 Å². The van der Waals surface area contributed by atoms with Gasteiger partial charge in [-0.25, -0.2) is 4.57 Å². The van der Waals surface area contributed by atoms with E-state index in [4.69, 9.17) is 0 Å². The Morgan fingerprint density at radius 1 is 0.750 bits per heavy atom. The summed E-state index contributed by atoms with van der Waals surface area (Å²) in [7, 11) is 0. The first kappa shape index (κ1) is 17.6. The number of hydrogen-bond acceptors (Lipinski definition) is 1. The molecule has 0 bridgehead atoms. The lowest BCUT2D eigenvalue weighted by Gasteiger charge is -2.02. The van der Waals surface area contributed by atoms with Crippen molar-refractivity contribution in [2.75, 3.05) is 5.75 Å². The number of hydrogen-bond donors (Lipinski definition) is 1. The minimum atomic E-state index is 1.05. The highest BCUT2D eigenvalue weighted by Gasteiger charge is 1.99. The lowest BCUT2D eigenvalue weighted by atomic mass is 10.1. The summed E-state index contributed by atoms with van der Waals surface area (Å²) in [5.41, 5.74) is 1.34. The number of aryl methyl sites for hydroxylation is 2. The molecule has 0 saturated carbocycles. The Balaban J connectivity index is 1.84. The van der Waals surface area contributed by atoms with E-state index in [1.165, 1.54) is 76.3 Å². The lowest BCUT2D eigenvalue weighted by Crippen LogP contribution is -2.32. The zero-order chi connectivity index (χ0) is 14.5. The van der Waals surface area contributed by atoms with Gasteiger partial charge in [-0.15, -0.1) is 0 Å². The first-order valence-corrected chi connectivity index (χ1v) is 9.03. The standard InChI is InChI=1S/C18H31NS/c1-18-12-15-19(16-13-18)14-10-8-6-4-2-3-5-7-9-11-17-20/h12-13,15-16H,2-11,14,17H2,1H3/p+1. The van der Waals surface area contributed by atoms with Crippen LogP contribution in [0.3, 0.4) is 0 Å². The van der Waals surface area contributed by atoms with E-state index < -0.39 is 0 Å². The molecule has 0 aliphatic carbocycles. The third-order valence-electron chi connectivity index (χ3n) is 3.88. The van der Waals surface area contributed by atoms with Crippen LogP contribution in [0, 0.1) is 6.92 Å². The van der Waals surface area contributed by atoms with E-state index in [-0.39, 0.29) is 0 Å². The molecule has 114 valence electrons. The quantitative estimate of drug-likeness (QED) is 0.310. The largest absolute Gasteiger partial charge is 0.205 e. The van der Waals surface area contributed by atoms with Crippen molar-refractivity contribution in [2.24, 2.45) is 0 Å². The number of aromatic nitrogens is 1. The van der Waals surface area contributed by atoms with Crippen LogP contribution < -0.4 is 4.57 Å². The van der Waals surface area contributed by atoms with Crippen LogP contribution in [0.4, 0.5) is 0 Å². The van der Waals surface area contributed by atoms with Gasteiger partial charge in [-0.2, -0.15) is 12.6 Å². The fraction of sp³-hybridized carbons (Fsp3) is 0.722. The summed E-state index contributed by atoms with van der Waals surface area (Å²) in [6.07, 6.45) is 18.3. The molecule has 1 aromatic heterocycles. The molecule has 0 amide bonds. The predicted molar refractivity (Wildman–Crippen MR) is 91.4 cm³/mol.